The normalized spacial score (nSPS) is 15.1. The molecule has 1 aliphatic heterocycles. The van der Waals surface area contributed by atoms with Gasteiger partial charge in [0.15, 0.2) is 5.82 Å². The molecule has 8 nitrogen and oxygen atoms in total. The number of halogens is 1. The van der Waals surface area contributed by atoms with E-state index in [2.05, 4.69) is 32.1 Å². The molecular weight excluding hydrogens is 450 g/mol. The van der Waals surface area contributed by atoms with Gasteiger partial charge < -0.3 is 4.90 Å². The second-order valence-corrected chi connectivity index (χ2v) is 10.3. The number of hydrogen-bond acceptors (Lipinski definition) is 7. The molecule has 0 bridgehead atoms. The van der Waals surface area contributed by atoms with Crippen molar-refractivity contribution in [3.63, 3.8) is 0 Å². The summed E-state index contributed by atoms with van der Waals surface area (Å²) in [6.45, 7) is 15.2. The van der Waals surface area contributed by atoms with Crippen molar-refractivity contribution in [2.75, 3.05) is 44.3 Å². The summed E-state index contributed by atoms with van der Waals surface area (Å²) in [5, 5.41) is 11.0. The third-order valence-corrected chi connectivity index (χ3v) is 5.84. The minimum absolute atomic E-state index is 0.00700. The topological polar surface area (TPSA) is 88.4 Å². The smallest absolute Gasteiger partial charge is 0.269 e. The third kappa shape index (κ3) is 7.39. The lowest BCUT2D eigenvalue weighted by Gasteiger charge is -2.34. The average molecular weight is 484 g/mol. The maximum absolute atomic E-state index is 13.1. The zero-order valence-corrected chi connectivity index (χ0v) is 21.3. The first-order valence-corrected chi connectivity index (χ1v) is 12.1. The summed E-state index contributed by atoms with van der Waals surface area (Å²) >= 11 is 6.31. The zero-order valence-electron chi connectivity index (χ0n) is 20.5. The summed E-state index contributed by atoms with van der Waals surface area (Å²) < 4.78 is 0. The lowest BCUT2D eigenvalue weighted by atomic mass is 9.97. The number of rotatable bonds is 8. The second kappa shape index (κ2) is 11.6. The third-order valence-electron chi connectivity index (χ3n) is 5.58. The Kier molecular flexibility index (Phi) is 8.84. The molecule has 2 aromatic rings. The van der Waals surface area contributed by atoms with Crippen molar-refractivity contribution in [3.05, 3.63) is 52.4 Å². The minimum Gasteiger partial charge on any atom is -0.301 e. The Hall–Kier alpha value is -2.73. The molecule has 1 saturated heterocycles. The van der Waals surface area contributed by atoms with Crippen LogP contribution in [0, 0.1) is 16.7 Å². The Bertz CT molecular complexity index is 1010. The van der Waals surface area contributed by atoms with Crippen molar-refractivity contribution < 1.29 is 4.79 Å². The van der Waals surface area contributed by atoms with Crippen LogP contribution in [0.2, 0.25) is 5.02 Å². The van der Waals surface area contributed by atoms with E-state index in [-0.39, 0.29) is 22.2 Å². The number of anilines is 1. The van der Waals surface area contributed by atoms with Gasteiger partial charge in [-0.1, -0.05) is 51.4 Å². The lowest BCUT2D eigenvalue weighted by molar-refractivity contribution is 0.0945. The highest BCUT2D eigenvalue weighted by Crippen LogP contribution is 2.25. The number of hydrogen-bond donors (Lipinski definition) is 1. The van der Waals surface area contributed by atoms with Gasteiger partial charge >= 0.3 is 0 Å². The summed E-state index contributed by atoms with van der Waals surface area (Å²) in [6, 6.07) is 9.62. The van der Waals surface area contributed by atoms with Crippen molar-refractivity contribution in [2.24, 2.45) is 5.41 Å². The highest BCUT2D eigenvalue weighted by Gasteiger charge is 2.23. The van der Waals surface area contributed by atoms with Crippen LogP contribution in [-0.2, 0) is 6.54 Å². The predicted molar refractivity (Wildman–Crippen MR) is 134 cm³/mol. The molecule has 0 aliphatic carbocycles. The van der Waals surface area contributed by atoms with Gasteiger partial charge in [0.25, 0.3) is 5.91 Å². The molecule has 1 amide bonds. The zero-order chi connectivity index (χ0) is 24.7. The van der Waals surface area contributed by atoms with Crippen LogP contribution < -0.4 is 10.4 Å². The number of piperazine rings is 1. The molecule has 1 aromatic heterocycles. The van der Waals surface area contributed by atoms with Crippen LogP contribution in [-0.4, -0.2) is 64.9 Å². The molecule has 3 rings (SSSR count). The van der Waals surface area contributed by atoms with Crippen LogP contribution in [0.15, 0.2) is 30.5 Å². The van der Waals surface area contributed by atoms with E-state index in [0.717, 1.165) is 32.7 Å². The number of aromatic nitrogens is 2. The number of nitriles is 1. The highest BCUT2D eigenvalue weighted by molar-refractivity contribution is 6.32. The maximum atomic E-state index is 13.1. The lowest BCUT2D eigenvalue weighted by Crippen LogP contribution is -2.47. The number of hydrazine groups is 1. The van der Waals surface area contributed by atoms with Gasteiger partial charge in [0.2, 0.25) is 5.82 Å². The minimum atomic E-state index is -0.267. The van der Waals surface area contributed by atoms with Gasteiger partial charge in [0.05, 0.1) is 6.20 Å². The fourth-order valence-corrected chi connectivity index (χ4v) is 4.13. The van der Waals surface area contributed by atoms with E-state index >= 15 is 0 Å². The van der Waals surface area contributed by atoms with Gasteiger partial charge in [0, 0.05) is 44.8 Å². The molecule has 2 heterocycles. The molecule has 0 saturated carbocycles. The predicted octanol–water partition coefficient (Wildman–Crippen LogP) is 3.73. The second-order valence-electron chi connectivity index (χ2n) is 9.88. The van der Waals surface area contributed by atoms with E-state index in [1.807, 2.05) is 51.1 Å². The molecular formula is C25H34ClN7O. The molecule has 0 unspecified atom stereocenters. The molecule has 1 aromatic carbocycles. The van der Waals surface area contributed by atoms with Gasteiger partial charge in [-0.25, -0.2) is 4.98 Å². The summed E-state index contributed by atoms with van der Waals surface area (Å²) in [5.74, 6) is 0.0277. The molecule has 1 fully saturated rings. The fourth-order valence-electron chi connectivity index (χ4n) is 3.94. The van der Waals surface area contributed by atoms with Crippen molar-refractivity contribution in [1.29, 1.82) is 5.26 Å². The Morgan fingerprint density at radius 3 is 2.41 bits per heavy atom. The quantitative estimate of drug-likeness (QED) is 0.572. The largest absolute Gasteiger partial charge is 0.301 e. The van der Waals surface area contributed by atoms with Gasteiger partial charge in [0.1, 0.15) is 11.1 Å². The van der Waals surface area contributed by atoms with Gasteiger partial charge in [-0.3, -0.25) is 20.1 Å². The molecule has 182 valence electrons. The van der Waals surface area contributed by atoms with Crippen LogP contribution in [0.5, 0.6) is 0 Å². The SMILES string of the molecule is CCCN1CCN(Cc2ccc(C(=O)NN(CC(C)(C)C)c3nc(C#N)ncc3Cl)cc2)CC1. The van der Waals surface area contributed by atoms with Crippen LogP contribution in [0.4, 0.5) is 5.82 Å². The van der Waals surface area contributed by atoms with E-state index in [1.165, 1.54) is 24.7 Å². The Morgan fingerprint density at radius 1 is 1.18 bits per heavy atom. The van der Waals surface area contributed by atoms with Crippen LogP contribution in [0.1, 0.15) is 55.9 Å². The number of carbonyl (C=O) groups is 1. The van der Waals surface area contributed by atoms with E-state index in [1.54, 1.807) is 5.01 Å². The molecule has 0 spiro atoms. The molecule has 1 N–H and O–H groups in total. The first-order valence-electron chi connectivity index (χ1n) is 11.7. The molecule has 0 atom stereocenters. The van der Waals surface area contributed by atoms with Crippen LogP contribution in [0.25, 0.3) is 0 Å². The summed E-state index contributed by atoms with van der Waals surface area (Å²) in [6.07, 6.45) is 2.57. The monoisotopic (exact) mass is 483 g/mol. The highest BCUT2D eigenvalue weighted by atomic mass is 35.5. The standard InChI is InChI=1S/C25H34ClN7O/c1-5-10-31-11-13-32(14-12-31)17-19-6-8-20(9-7-19)24(34)30-33(18-25(2,3)4)23-21(26)16-28-22(15-27)29-23/h6-9,16H,5,10-14,17-18H2,1-4H3,(H,30,34). The Labute approximate surface area is 207 Å². The molecule has 9 heteroatoms. The molecule has 0 radical (unpaired) electrons. The van der Waals surface area contributed by atoms with Gasteiger partial charge in [-0.15, -0.1) is 0 Å². The van der Waals surface area contributed by atoms with E-state index < -0.39 is 0 Å². The van der Waals surface area contributed by atoms with Gasteiger partial charge in [-0.2, -0.15) is 10.2 Å². The fraction of sp³-hybridized carbons (Fsp3) is 0.520. The van der Waals surface area contributed by atoms with Crippen molar-refractivity contribution in [2.45, 2.75) is 40.7 Å². The van der Waals surface area contributed by atoms with Gasteiger partial charge in [-0.05, 0) is 36.1 Å². The number of amides is 1. The Morgan fingerprint density at radius 2 is 1.82 bits per heavy atom. The summed E-state index contributed by atoms with van der Waals surface area (Å²) in [5.41, 5.74) is 4.47. The number of nitrogens with one attached hydrogen (secondary N) is 1. The Balaban J connectivity index is 1.67. The first kappa shape index (κ1) is 25.9. The van der Waals surface area contributed by atoms with E-state index in [0.29, 0.717) is 17.9 Å². The number of carbonyl (C=O) groups excluding carboxylic acids is 1. The van der Waals surface area contributed by atoms with E-state index in [9.17, 15) is 10.1 Å². The maximum Gasteiger partial charge on any atom is 0.269 e. The average Bonchev–Trinajstić information content (AvgIpc) is 2.80. The van der Waals surface area contributed by atoms with Crippen molar-refractivity contribution >= 4 is 23.3 Å². The summed E-state index contributed by atoms with van der Waals surface area (Å²) in [7, 11) is 0. The van der Waals surface area contributed by atoms with E-state index in [4.69, 9.17) is 11.6 Å². The first-order chi connectivity index (χ1) is 16.2. The van der Waals surface area contributed by atoms with Crippen molar-refractivity contribution in [1.82, 2.24) is 25.2 Å². The number of nitrogens with zero attached hydrogens (tertiary/aromatic N) is 6. The van der Waals surface area contributed by atoms with Crippen molar-refractivity contribution in [3.8, 4) is 6.07 Å². The summed E-state index contributed by atoms with van der Waals surface area (Å²) in [4.78, 5) is 26.1. The number of benzene rings is 1. The van der Waals surface area contributed by atoms with Crippen LogP contribution in [0.3, 0.4) is 0 Å². The van der Waals surface area contributed by atoms with Crippen LogP contribution >= 0.6 is 11.6 Å². The molecule has 34 heavy (non-hydrogen) atoms. The molecule has 1 aliphatic rings.